The van der Waals surface area contributed by atoms with E-state index in [0.717, 1.165) is 0 Å². The Labute approximate surface area is 299 Å². The van der Waals surface area contributed by atoms with Gasteiger partial charge in [-0.15, -0.1) is 0 Å². The molecule has 4 N–H and O–H groups in total. The van der Waals surface area contributed by atoms with Crippen LogP contribution in [0.2, 0.25) is 0 Å². The van der Waals surface area contributed by atoms with Gasteiger partial charge in [-0.25, -0.2) is 4.79 Å². The Balaban J connectivity index is 1.81. The lowest BCUT2D eigenvalue weighted by atomic mass is 9.92. The van der Waals surface area contributed by atoms with Crippen molar-refractivity contribution in [2.24, 2.45) is 5.89 Å². The maximum Gasteiger partial charge on any atom is 0.318 e. The van der Waals surface area contributed by atoms with E-state index in [0.29, 0.717) is 16.0 Å². The predicted octanol–water partition coefficient (Wildman–Crippen LogP) is 4.33. The van der Waals surface area contributed by atoms with Gasteiger partial charge in [-0.2, -0.15) is 0 Å². The lowest BCUT2D eigenvalue weighted by molar-refractivity contribution is -0.128. The highest BCUT2D eigenvalue weighted by atomic mass is 16.5. The molecule has 46 heavy (non-hydrogen) atoms. The Kier molecular flexibility index (Phi) is 6.20. The van der Waals surface area contributed by atoms with Crippen molar-refractivity contribution in [2.45, 2.75) is 77.3 Å². The van der Waals surface area contributed by atoms with Gasteiger partial charge in [-0.05, 0) is 67.5 Å². The molecule has 0 aromatic heterocycles. The molecule has 1 fully saturated rings. The third-order valence-corrected chi connectivity index (χ3v) is 7.14. The van der Waals surface area contributed by atoms with Crippen molar-refractivity contribution in [2.75, 3.05) is 19.6 Å². The minimum Gasteiger partial charge on any atom is -0.483 e. The summed E-state index contributed by atoms with van der Waals surface area (Å²) in [5.41, 5.74) is -1.63. The van der Waals surface area contributed by atoms with Gasteiger partial charge in [0.1, 0.15) is 11.8 Å². The standard InChI is InChI=1S/C37H48N4O5/c1-25(2)34(41-20-12-19-38-37(41)45)36(44)39-30(21-28-15-7-5-8-16-28)23-32(42)31(22-29-17-9-6-10-18-29)40-33(43)24-46-35-26(3)13-11-14-27(35)4/h5-11,13-18,25,30-32,34,42H,12,19-24H2,1-4H3,(H,38,45)(H,39,44)(H,40,43)/t30-,31-,32-,34-/m0/s1/i1D3,2D3,3D3,4D3,11D,13D,14D,24D2,25D,34D. The molecule has 246 valence electrons. The maximum absolute atomic E-state index is 14.6. The second kappa shape index (κ2) is 16.8. The highest BCUT2D eigenvalue weighted by molar-refractivity contribution is 5.87. The molecular weight excluding hydrogens is 580 g/mol. The van der Waals surface area contributed by atoms with Crippen LogP contribution in [0.25, 0.3) is 0 Å². The van der Waals surface area contributed by atoms with Crippen LogP contribution in [-0.2, 0) is 22.4 Å². The molecule has 4 rings (SSSR count). The molecule has 9 nitrogen and oxygen atoms in total. The molecule has 3 aromatic carbocycles. The van der Waals surface area contributed by atoms with E-state index in [1.54, 1.807) is 60.7 Å². The Morgan fingerprint density at radius 1 is 1.04 bits per heavy atom. The molecule has 0 aliphatic carbocycles. The van der Waals surface area contributed by atoms with E-state index in [1.165, 1.54) is 0 Å². The number of nitrogens with zero attached hydrogens (tertiary/aromatic N) is 1. The molecule has 1 heterocycles. The van der Waals surface area contributed by atoms with Crippen molar-refractivity contribution in [1.29, 1.82) is 0 Å². The Morgan fingerprint density at radius 3 is 2.30 bits per heavy atom. The van der Waals surface area contributed by atoms with Gasteiger partial charge in [0.15, 0.2) is 6.56 Å². The monoisotopic (exact) mass is 647 g/mol. The van der Waals surface area contributed by atoms with Crippen LogP contribution in [0.3, 0.4) is 0 Å². The molecule has 4 amide bonds. The van der Waals surface area contributed by atoms with Crippen LogP contribution in [0, 0.1) is 19.6 Å². The van der Waals surface area contributed by atoms with Crippen molar-refractivity contribution in [3.63, 3.8) is 0 Å². The third kappa shape index (κ3) is 9.81. The summed E-state index contributed by atoms with van der Waals surface area (Å²) in [6, 6.07) is 4.63. The molecule has 0 saturated carbocycles. The minimum absolute atomic E-state index is 0.0229. The van der Waals surface area contributed by atoms with Crippen LogP contribution in [-0.4, -0.2) is 71.7 Å². The van der Waals surface area contributed by atoms with Crippen LogP contribution in [0.15, 0.2) is 78.8 Å². The molecule has 0 unspecified atom stereocenters. The lowest BCUT2D eigenvalue weighted by Gasteiger charge is -2.37. The molecule has 0 radical (unpaired) electrons. The number of ether oxygens (including phenoxy) is 1. The van der Waals surface area contributed by atoms with Gasteiger partial charge < -0.3 is 30.7 Å². The van der Waals surface area contributed by atoms with E-state index in [9.17, 15) is 20.9 Å². The summed E-state index contributed by atoms with van der Waals surface area (Å²) >= 11 is 0. The van der Waals surface area contributed by atoms with E-state index in [1.807, 2.05) is 0 Å². The van der Waals surface area contributed by atoms with Gasteiger partial charge in [-0.3, -0.25) is 9.59 Å². The fourth-order valence-electron chi connectivity index (χ4n) is 4.96. The predicted molar refractivity (Wildman–Crippen MR) is 180 cm³/mol. The third-order valence-electron chi connectivity index (χ3n) is 7.14. The van der Waals surface area contributed by atoms with Crippen LogP contribution < -0.4 is 20.7 Å². The molecule has 9 heteroatoms. The molecule has 1 aliphatic rings. The lowest BCUT2D eigenvalue weighted by Crippen LogP contribution is -2.59. The smallest absolute Gasteiger partial charge is 0.318 e. The van der Waals surface area contributed by atoms with Crippen LogP contribution in [0.1, 0.15) is 74.8 Å². The number of rotatable bonds is 15. The zero-order chi connectivity index (χ0) is 49.3. The number of amides is 4. The first kappa shape index (κ1) is 17.0. The summed E-state index contributed by atoms with van der Waals surface area (Å²) in [6.45, 7) is -18.8. The molecular formula is C37H48N4O5. The molecule has 0 bridgehead atoms. The maximum atomic E-state index is 14.6. The second-order valence-electron chi connectivity index (χ2n) is 10.6. The Morgan fingerprint density at radius 2 is 1.70 bits per heavy atom. The first-order valence-electron chi connectivity index (χ1n) is 24.0. The Hall–Kier alpha value is -4.37. The Bertz CT molecular complexity index is 2130. The highest BCUT2D eigenvalue weighted by Gasteiger charge is 2.35. The highest BCUT2D eigenvalue weighted by Crippen LogP contribution is 2.22. The van der Waals surface area contributed by atoms with E-state index in [-0.39, 0.29) is 25.8 Å². The number of hydrogen-bond acceptors (Lipinski definition) is 5. The number of aliphatic hydroxyl groups is 1. The fourth-order valence-corrected chi connectivity index (χ4v) is 4.96. The minimum atomic E-state index is -3.97. The van der Waals surface area contributed by atoms with Crippen molar-refractivity contribution in [3.05, 3.63) is 101 Å². The largest absolute Gasteiger partial charge is 0.483 e. The summed E-state index contributed by atoms with van der Waals surface area (Å²) < 4.78 is 162. The zero-order valence-electron chi connectivity index (χ0n) is 43.8. The van der Waals surface area contributed by atoms with Gasteiger partial charge in [-0.1, -0.05) is 92.5 Å². The number of carbonyl (C=O) groups excluding carboxylic acids is 3. The number of aliphatic hydroxyl groups excluding tert-OH is 1. The van der Waals surface area contributed by atoms with Gasteiger partial charge in [0.2, 0.25) is 5.91 Å². The van der Waals surface area contributed by atoms with Gasteiger partial charge in [0.25, 0.3) is 5.91 Å². The summed E-state index contributed by atoms with van der Waals surface area (Å²) in [5.74, 6) is -8.80. The fraction of sp³-hybridized carbons (Fsp3) is 0.432. The van der Waals surface area contributed by atoms with Crippen molar-refractivity contribution >= 4 is 17.8 Å². The quantitative estimate of drug-likeness (QED) is 0.196. The summed E-state index contributed by atoms with van der Waals surface area (Å²) in [6.07, 6.45) is -3.00. The number of para-hydroxylation sites is 1. The first-order chi connectivity index (χ1) is 29.7. The number of carbonyl (C=O) groups is 3. The topological polar surface area (TPSA) is 120 Å². The van der Waals surface area contributed by atoms with Gasteiger partial charge in [0, 0.05) is 37.0 Å². The number of benzene rings is 3. The summed E-state index contributed by atoms with van der Waals surface area (Å²) in [7, 11) is 0. The van der Waals surface area contributed by atoms with Crippen LogP contribution in [0.4, 0.5) is 4.79 Å². The first-order valence-corrected chi connectivity index (χ1v) is 14.5. The molecule has 3 aromatic rings. The van der Waals surface area contributed by atoms with Gasteiger partial charge >= 0.3 is 6.03 Å². The van der Waals surface area contributed by atoms with Gasteiger partial charge in [0.05, 0.1) is 20.4 Å². The van der Waals surface area contributed by atoms with E-state index < -0.39 is 130 Å². The average Bonchev–Trinajstić information content (AvgIpc) is 3.18. The second-order valence-corrected chi connectivity index (χ2v) is 10.6. The molecule has 0 spiro atoms. The van der Waals surface area contributed by atoms with E-state index in [4.69, 9.17) is 29.4 Å². The van der Waals surface area contributed by atoms with Crippen LogP contribution >= 0.6 is 0 Å². The molecule has 1 aliphatic heterocycles. The zero-order valence-corrected chi connectivity index (χ0v) is 24.8. The van der Waals surface area contributed by atoms with E-state index in [2.05, 4.69) is 16.0 Å². The molecule has 4 atom stereocenters. The van der Waals surface area contributed by atoms with Crippen molar-refractivity contribution < 1.29 is 50.3 Å². The average molecular weight is 648 g/mol. The summed E-state index contributed by atoms with van der Waals surface area (Å²) in [5, 5.41) is 19.0. The van der Waals surface area contributed by atoms with Crippen molar-refractivity contribution in [1.82, 2.24) is 20.9 Å². The number of nitrogens with one attached hydrogen (secondary N) is 3. The van der Waals surface area contributed by atoms with Crippen molar-refractivity contribution in [3.8, 4) is 5.75 Å². The summed E-state index contributed by atoms with van der Waals surface area (Å²) in [4.78, 5) is 42.0. The molecule has 1 saturated heterocycles. The van der Waals surface area contributed by atoms with Crippen LogP contribution in [0.5, 0.6) is 5.75 Å². The van der Waals surface area contributed by atoms with E-state index >= 15 is 0 Å². The SMILES string of the molecule is [2H]c1c([2H])c(C([2H])([2H])[2H])c(OC([2H])([2H])C(=O)N[C@@H](Cc2ccccc2)[C@@H](O)C[C@H](Cc2ccccc2)NC(=O)[C@@]([2H])(N2CCCNC2=O)C([2H])(C([2H])([2H])[2H])C([2H])([2H])[2H])c(C([2H])([2H])[2H])c1[2H]. The normalized spacial score (nSPS) is 24.2. The number of hydrogen-bond donors (Lipinski definition) is 4. The number of urea groups is 1.